The molecule has 418 valence electrons. The minimum absolute atomic E-state index is 0.0106. The molecule has 7 aliphatic rings. The zero-order valence-electron chi connectivity index (χ0n) is 38.5. The molecule has 10 unspecified atom stereocenters. The van der Waals surface area contributed by atoms with Crippen molar-refractivity contribution in [3.05, 3.63) is 12.7 Å². The summed E-state index contributed by atoms with van der Waals surface area (Å²) in [7, 11) is -21.1. The molecule has 5 saturated heterocycles. The van der Waals surface area contributed by atoms with E-state index in [4.69, 9.17) is 49.7 Å². The van der Waals surface area contributed by atoms with Gasteiger partial charge in [0.2, 0.25) is 24.8 Å². The molecule has 9 rings (SSSR count). The molecular formula is C32H51N15O24P4. The molecule has 9 heterocycles. The first-order valence-electron chi connectivity index (χ1n) is 21.9. The molecule has 43 heteroatoms. The number of carbonyl (C=O) groups excluding carboxylic acids is 2. The average Bonchev–Trinajstić information content (AvgIpc) is 4.17. The SMILES string of the molecule is CO[C@@H]1[C@H](OP(=O)(O)OC[C@H]2O[C@@H](N3C=NC4C(=O)NC(N)NC43)[C@H](O)[C@@H]2O)[C@@H](COP(=O)(O)OP(=O)(O)OP(=O)([O-])OC[C@H]2O[C@@H](N3C=[N+](C)C4C(=O)NC(N)NC43)[C@H](O)[C@@H]2O)O[C@H]1n1cnc2c(N)ncnc21. The van der Waals surface area contributed by atoms with Gasteiger partial charge in [0.1, 0.15) is 85.5 Å². The number of methoxy groups -OCH3 is 1. The number of aliphatic hydroxyl groups is 4. The van der Waals surface area contributed by atoms with Gasteiger partial charge in [-0.25, -0.2) is 43.2 Å². The fraction of sp³-hybridized carbons (Fsp3) is 0.719. The van der Waals surface area contributed by atoms with Crippen molar-refractivity contribution >= 4 is 72.8 Å². The van der Waals surface area contributed by atoms with Crippen LogP contribution in [-0.2, 0) is 73.5 Å². The van der Waals surface area contributed by atoms with Crippen molar-refractivity contribution in [1.29, 1.82) is 0 Å². The van der Waals surface area contributed by atoms with Gasteiger partial charge in [0.05, 0.1) is 39.5 Å². The third kappa shape index (κ3) is 11.4. The van der Waals surface area contributed by atoms with Gasteiger partial charge < -0.3 is 84.7 Å². The number of hydrogen-bond acceptors (Lipinski definition) is 32. The molecule has 2 aromatic rings. The van der Waals surface area contributed by atoms with Crippen LogP contribution in [0.15, 0.2) is 17.6 Å². The summed E-state index contributed by atoms with van der Waals surface area (Å²) in [5, 5.41) is 53.9. The average molecular weight is 1150 g/mol. The molecule has 0 aromatic carbocycles. The van der Waals surface area contributed by atoms with E-state index < -0.39 is 174 Å². The summed E-state index contributed by atoms with van der Waals surface area (Å²) in [5.41, 5.74) is 17.6. The number of fused-ring (bicyclic) bond motifs is 3. The highest BCUT2D eigenvalue weighted by Crippen LogP contribution is 2.67. The molecule has 0 saturated carbocycles. The number of aliphatic imine (C=N–C) groups is 1. The second-order valence-electron chi connectivity index (χ2n) is 17.4. The summed E-state index contributed by atoms with van der Waals surface area (Å²) in [6.07, 6.45) is -19.0. The lowest BCUT2D eigenvalue weighted by atomic mass is 10.1. The van der Waals surface area contributed by atoms with Gasteiger partial charge in [-0.2, -0.15) is 4.31 Å². The first-order valence-corrected chi connectivity index (χ1v) is 27.9. The number of aliphatic hydroxyl groups excluding tert-OH is 4. The van der Waals surface area contributed by atoms with Crippen LogP contribution in [-0.4, -0.2) is 232 Å². The Hall–Kier alpha value is -3.73. The monoisotopic (exact) mass is 1150 g/mol. The molecule has 2 aromatic heterocycles. The van der Waals surface area contributed by atoms with E-state index in [-0.39, 0.29) is 17.0 Å². The van der Waals surface area contributed by atoms with Crippen molar-refractivity contribution in [2.24, 2.45) is 16.5 Å². The van der Waals surface area contributed by atoms with Gasteiger partial charge in [0.15, 0.2) is 30.0 Å². The number of imidazole rings is 1. The Labute approximate surface area is 420 Å². The standard InChI is InChI=1S/C32H51N15O24P4/c1-44-9-47(25-15(44)27(53)43-32(35)41-25)29-19(51)17(49)11(67-29)4-64-73(56,57)70-75(60,61)71-74(58,59)65-5-12-20(21(62-2)30(68-12)45-7-38-13-22(33)36-6-37-23(13)45)69-72(54,55)63-3-10-16(48)18(50)28(66-10)46-8-39-14-24(46)40-31(34)42-26(14)52/h6-12,14-21,24-25,28-32,40-41,48-51H,3-5,34-35H2,1-2H3,(H7-,33,36,37,42,43,52,53,54,55,56,57,58,59,60,61)/t10-,11-,12-,14?,15?,16-,17-,18-,19-,20-,21-,24?,25?,28-,29-,30-,31?,32?/m1/s1. The van der Waals surface area contributed by atoms with E-state index in [9.17, 15) is 67.8 Å². The van der Waals surface area contributed by atoms with Crippen LogP contribution in [0.25, 0.3) is 11.2 Å². The van der Waals surface area contributed by atoms with E-state index in [2.05, 4.69) is 54.4 Å². The van der Waals surface area contributed by atoms with Crippen molar-refractivity contribution < 1.29 is 118 Å². The third-order valence-corrected chi connectivity index (χ3v) is 17.7. The Balaban J connectivity index is 0.838. The Morgan fingerprint density at radius 2 is 1.33 bits per heavy atom. The number of rotatable bonds is 19. The van der Waals surface area contributed by atoms with E-state index in [0.29, 0.717) is 0 Å². The Morgan fingerprint density at radius 1 is 0.747 bits per heavy atom. The highest BCUT2D eigenvalue weighted by Gasteiger charge is 2.59. The summed E-state index contributed by atoms with van der Waals surface area (Å²) in [6, 6.07) is -1.88. The Kier molecular flexibility index (Phi) is 15.8. The minimum atomic E-state index is -6.25. The second-order valence-corrected chi connectivity index (χ2v) is 23.4. The van der Waals surface area contributed by atoms with Gasteiger partial charge in [-0.1, -0.05) is 0 Å². The lowest BCUT2D eigenvalue weighted by Gasteiger charge is -2.38. The minimum Gasteiger partial charge on any atom is -0.756 e. The summed E-state index contributed by atoms with van der Waals surface area (Å²) < 4.78 is 107. The molecule has 39 nitrogen and oxygen atoms in total. The van der Waals surface area contributed by atoms with Crippen LogP contribution >= 0.6 is 31.3 Å². The van der Waals surface area contributed by atoms with Crippen molar-refractivity contribution in [3.8, 4) is 0 Å². The van der Waals surface area contributed by atoms with Gasteiger partial charge >= 0.3 is 23.5 Å². The van der Waals surface area contributed by atoms with Crippen molar-refractivity contribution in [1.82, 2.24) is 50.6 Å². The number of nitrogens with zero attached hydrogens (tertiary/aromatic N) is 8. The van der Waals surface area contributed by atoms with Gasteiger partial charge in [0, 0.05) is 7.11 Å². The zero-order chi connectivity index (χ0) is 54.3. The van der Waals surface area contributed by atoms with Crippen molar-refractivity contribution in [3.63, 3.8) is 0 Å². The molecule has 0 aliphatic carbocycles. The van der Waals surface area contributed by atoms with Gasteiger partial charge in [-0.3, -0.25) is 58.6 Å². The van der Waals surface area contributed by atoms with Crippen LogP contribution in [0, 0.1) is 0 Å². The third-order valence-electron chi connectivity index (χ3n) is 12.5. The lowest BCUT2D eigenvalue weighted by molar-refractivity contribution is -0.515. The van der Waals surface area contributed by atoms with Crippen molar-refractivity contribution in [2.45, 2.75) is 111 Å². The van der Waals surface area contributed by atoms with Gasteiger partial charge in [0.25, 0.3) is 19.6 Å². The lowest BCUT2D eigenvalue weighted by Crippen LogP contribution is -2.71. The summed E-state index contributed by atoms with van der Waals surface area (Å²) in [5.74, 6) is -1.11. The summed E-state index contributed by atoms with van der Waals surface area (Å²) in [4.78, 5) is 88.4. The number of nitrogens with two attached hydrogens (primary N) is 3. The molecule has 0 spiro atoms. The molecule has 17 N–H and O–H groups in total. The highest BCUT2D eigenvalue weighted by atomic mass is 31.3. The maximum absolute atomic E-state index is 13.7. The number of anilines is 1. The maximum Gasteiger partial charge on any atom is 0.487 e. The van der Waals surface area contributed by atoms with Gasteiger partial charge in [-0.05, 0) is 0 Å². The quantitative estimate of drug-likeness (QED) is 0.0459. The topological polar surface area (TPSA) is 551 Å². The summed E-state index contributed by atoms with van der Waals surface area (Å²) >= 11 is 0. The van der Waals surface area contributed by atoms with E-state index in [0.717, 1.165) is 19.8 Å². The van der Waals surface area contributed by atoms with E-state index in [1.54, 1.807) is 0 Å². The number of likely N-dealkylation sites (N-methyl/N-ethyl adjacent to an activating group) is 1. The number of hydrogen-bond donors (Lipinski definition) is 14. The smallest absolute Gasteiger partial charge is 0.487 e. The van der Waals surface area contributed by atoms with Crippen LogP contribution in [0.3, 0.4) is 0 Å². The van der Waals surface area contributed by atoms with Gasteiger partial charge in [-0.15, -0.1) is 0 Å². The first kappa shape index (κ1) is 56.0. The predicted octanol–water partition coefficient (Wildman–Crippen LogP) is -8.91. The molecule has 5 fully saturated rings. The molecule has 0 bridgehead atoms. The molecule has 75 heavy (non-hydrogen) atoms. The molecule has 7 aliphatic heterocycles. The number of aromatic nitrogens is 4. The molecule has 0 radical (unpaired) electrons. The van der Waals surface area contributed by atoms with Crippen LogP contribution in [0.1, 0.15) is 6.23 Å². The molecular weight excluding hydrogens is 1100 g/mol. The van der Waals surface area contributed by atoms with Crippen LogP contribution < -0.4 is 43.4 Å². The predicted molar refractivity (Wildman–Crippen MR) is 236 cm³/mol. The first-order chi connectivity index (χ1) is 35.2. The number of amides is 2. The van der Waals surface area contributed by atoms with Crippen molar-refractivity contribution in [2.75, 3.05) is 39.7 Å². The Morgan fingerprint density at radius 3 is 2.00 bits per heavy atom. The van der Waals surface area contributed by atoms with Crippen LogP contribution in [0.5, 0.6) is 0 Å². The number of nitrogens with one attached hydrogen (secondary N) is 4. The fourth-order valence-electron chi connectivity index (χ4n) is 9.21. The number of nitrogen functional groups attached to an aromatic ring is 1. The largest absolute Gasteiger partial charge is 0.756 e. The van der Waals surface area contributed by atoms with E-state index >= 15 is 0 Å². The number of ether oxygens (including phenoxy) is 4. The zero-order valence-corrected chi connectivity index (χ0v) is 42.1. The fourth-order valence-corrected chi connectivity index (χ4v) is 13.6. The Bertz CT molecular complexity index is 2770. The second kappa shape index (κ2) is 21.1. The summed E-state index contributed by atoms with van der Waals surface area (Å²) in [6.45, 7) is -3.40. The normalized spacial score (nSPS) is 39.9. The van der Waals surface area contributed by atoms with Crippen LogP contribution in [0.2, 0.25) is 0 Å². The van der Waals surface area contributed by atoms with Crippen LogP contribution in [0.4, 0.5) is 5.82 Å². The maximum atomic E-state index is 13.7. The number of phosphoric ester groups is 3. The molecule has 2 amide bonds. The van der Waals surface area contributed by atoms with E-state index in [1.807, 2.05) is 0 Å². The number of phosphoric acid groups is 4. The highest BCUT2D eigenvalue weighted by molar-refractivity contribution is 7.66. The molecule has 22 atom stereocenters. The number of carbonyl (C=O) groups is 2. The van der Waals surface area contributed by atoms with E-state index in [1.165, 1.54) is 38.7 Å².